The van der Waals surface area contributed by atoms with E-state index in [-0.39, 0.29) is 6.61 Å². The van der Waals surface area contributed by atoms with E-state index in [1.54, 1.807) is 6.33 Å². The highest BCUT2D eigenvalue weighted by Crippen LogP contribution is 2.28. The van der Waals surface area contributed by atoms with Gasteiger partial charge in [-0.2, -0.15) is 0 Å². The smallest absolute Gasteiger partial charge is 0.134 e. The lowest BCUT2D eigenvalue weighted by molar-refractivity contribution is 0.208. The second-order valence-corrected chi connectivity index (χ2v) is 7.41. The van der Waals surface area contributed by atoms with Crippen molar-refractivity contribution < 1.29 is 9.84 Å². The van der Waals surface area contributed by atoms with Crippen LogP contribution in [0.25, 0.3) is 0 Å². The van der Waals surface area contributed by atoms with Crippen LogP contribution in [0.2, 0.25) is 0 Å². The number of hydrogen-bond acceptors (Lipinski definition) is 6. The zero-order valence-corrected chi connectivity index (χ0v) is 16.0. The van der Waals surface area contributed by atoms with Gasteiger partial charge in [-0.3, -0.25) is 0 Å². The second-order valence-electron chi connectivity index (χ2n) is 7.41. The normalized spacial score (nSPS) is 19.7. The Labute approximate surface area is 160 Å². The van der Waals surface area contributed by atoms with Gasteiger partial charge in [-0.15, -0.1) is 0 Å². The lowest BCUT2D eigenvalue weighted by Gasteiger charge is -2.34. The minimum atomic E-state index is 0.250. The number of anilines is 2. The second kappa shape index (κ2) is 8.13. The fourth-order valence-electron chi connectivity index (χ4n) is 4.09. The third-order valence-corrected chi connectivity index (χ3v) is 5.56. The molecule has 1 N–H and O–H groups in total. The third kappa shape index (κ3) is 4.00. The van der Waals surface area contributed by atoms with E-state index in [9.17, 15) is 5.11 Å². The highest BCUT2D eigenvalue weighted by Gasteiger charge is 2.23. The maximum absolute atomic E-state index is 9.49. The summed E-state index contributed by atoms with van der Waals surface area (Å²) in [6.07, 6.45) is 4.87. The molecule has 0 spiro atoms. The van der Waals surface area contributed by atoms with Crippen molar-refractivity contribution in [1.82, 2.24) is 9.97 Å². The number of aliphatic hydroxyl groups excluding tert-OH is 1. The van der Waals surface area contributed by atoms with Crippen molar-refractivity contribution >= 4 is 11.6 Å². The largest absolute Gasteiger partial charge is 0.494 e. The van der Waals surface area contributed by atoms with E-state index in [4.69, 9.17) is 4.74 Å². The molecule has 1 saturated heterocycles. The first kappa shape index (κ1) is 18.0. The van der Waals surface area contributed by atoms with Crippen LogP contribution >= 0.6 is 0 Å². The van der Waals surface area contributed by atoms with Gasteiger partial charge in [0.25, 0.3) is 0 Å². The fraction of sp³-hybridized carbons (Fsp3) is 0.524. The molecular formula is C21H28N4O2. The van der Waals surface area contributed by atoms with Crippen molar-refractivity contribution in [3.05, 3.63) is 41.7 Å². The number of nitrogens with zero attached hydrogens (tertiary/aromatic N) is 4. The summed E-state index contributed by atoms with van der Waals surface area (Å²) in [5.74, 6) is 3.21. The number of hydrogen-bond donors (Lipinski definition) is 1. The van der Waals surface area contributed by atoms with E-state index < -0.39 is 0 Å². The molecule has 1 atom stereocenters. The lowest BCUT2D eigenvalue weighted by atomic mass is 9.99. The van der Waals surface area contributed by atoms with Crippen LogP contribution in [0, 0.1) is 5.92 Å². The van der Waals surface area contributed by atoms with Gasteiger partial charge in [0.15, 0.2) is 0 Å². The maximum atomic E-state index is 9.49. The first-order valence-electron chi connectivity index (χ1n) is 9.94. The van der Waals surface area contributed by atoms with Crippen molar-refractivity contribution in [2.45, 2.75) is 32.7 Å². The van der Waals surface area contributed by atoms with E-state index in [0.717, 1.165) is 62.8 Å². The lowest BCUT2D eigenvalue weighted by Crippen LogP contribution is -2.37. The van der Waals surface area contributed by atoms with Crippen LogP contribution in [-0.4, -0.2) is 47.9 Å². The summed E-state index contributed by atoms with van der Waals surface area (Å²) in [5, 5.41) is 9.49. The van der Waals surface area contributed by atoms with Gasteiger partial charge in [-0.25, -0.2) is 9.97 Å². The van der Waals surface area contributed by atoms with E-state index in [0.29, 0.717) is 12.5 Å². The van der Waals surface area contributed by atoms with Gasteiger partial charge in [0.05, 0.1) is 6.61 Å². The number of rotatable bonds is 5. The molecule has 2 aliphatic rings. The monoisotopic (exact) mass is 368 g/mol. The van der Waals surface area contributed by atoms with Gasteiger partial charge in [0, 0.05) is 38.9 Å². The molecule has 0 saturated carbocycles. The first-order valence-corrected chi connectivity index (χ1v) is 9.94. The highest BCUT2D eigenvalue weighted by atomic mass is 16.5. The molecule has 1 fully saturated rings. The molecule has 1 unspecified atom stereocenters. The fourth-order valence-corrected chi connectivity index (χ4v) is 4.09. The molecule has 0 bridgehead atoms. The van der Waals surface area contributed by atoms with Gasteiger partial charge < -0.3 is 19.6 Å². The Morgan fingerprint density at radius 2 is 1.96 bits per heavy atom. The highest BCUT2D eigenvalue weighted by molar-refractivity contribution is 5.52. The SMILES string of the molecule is CCOc1ccc2c(c1)CN(c1cc(N3CCCC(CO)C3)ncn1)CC2. The van der Waals surface area contributed by atoms with Gasteiger partial charge in [0.1, 0.15) is 23.7 Å². The summed E-state index contributed by atoms with van der Waals surface area (Å²) in [4.78, 5) is 13.6. The minimum Gasteiger partial charge on any atom is -0.494 e. The molecular weight excluding hydrogens is 340 g/mol. The number of benzene rings is 1. The van der Waals surface area contributed by atoms with Gasteiger partial charge in [0.2, 0.25) is 0 Å². The average Bonchev–Trinajstić information content (AvgIpc) is 2.73. The topological polar surface area (TPSA) is 61.7 Å². The van der Waals surface area contributed by atoms with Crippen LogP contribution in [0.5, 0.6) is 5.75 Å². The van der Waals surface area contributed by atoms with Crippen LogP contribution in [0.4, 0.5) is 11.6 Å². The number of fused-ring (bicyclic) bond motifs is 1. The van der Waals surface area contributed by atoms with Crippen molar-refractivity contribution in [2.24, 2.45) is 5.92 Å². The van der Waals surface area contributed by atoms with Gasteiger partial charge in [-0.05, 0) is 55.4 Å². The van der Waals surface area contributed by atoms with E-state index in [2.05, 4.69) is 44.0 Å². The van der Waals surface area contributed by atoms with Crippen molar-refractivity contribution in [1.29, 1.82) is 0 Å². The van der Waals surface area contributed by atoms with Crippen molar-refractivity contribution in [3.8, 4) is 5.75 Å². The third-order valence-electron chi connectivity index (χ3n) is 5.56. The van der Waals surface area contributed by atoms with Crippen LogP contribution in [0.3, 0.4) is 0 Å². The van der Waals surface area contributed by atoms with E-state index >= 15 is 0 Å². The summed E-state index contributed by atoms with van der Waals surface area (Å²) < 4.78 is 5.66. The zero-order chi connectivity index (χ0) is 18.6. The Balaban J connectivity index is 1.52. The van der Waals surface area contributed by atoms with Crippen LogP contribution in [-0.2, 0) is 13.0 Å². The van der Waals surface area contributed by atoms with Crippen molar-refractivity contribution in [3.63, 3.8) is 0 Å². The molecule has 6 nitrogen and oxygen atoms in total. The molecule has 1 aromatic carbocycles. The summed E-state index contributed by atoms with van der Waals surface area (Å²) >= 11 is 0. The standard InChI is InChI=1S/C21H28N4O2/c1-2-27-19-6-5-17-7-9-25(13-18(17)10-19)21-11-20(22-15-23-21)24-8-3-4-16(12-24)14-26/h5-6,10-11,15-16,26H,2-4,7-9,12-14H2,1H3. The van der Waals surface area contributed by atoms with Gasteiger partial charge >= 0.3 is 0 Å². The Hall–Kier alpha value is -2.34. The quantitative estimate of drug-likeness (QED) is 0.875. The number of ether oxygens (including phenoxy) is 1. The molecule has 3 heterocycles. The van der Waals surface area contributed by atoms with Crippen molar-refractivity contribution in [2.75, 3.05) is 42.6 Å². The molecule has 6 heteroatoms. The van der Waals surface area contributed by atoms with E-state index in [1.165, 1.54) is 11.1 Å². The van der Waals surface area contributed by atoms with Crippen LogP contribution in [0.15, 0.2) is 30.6 Å². The maximum Gasteiger partial charge on any atom is 0.134 e. The van der Waals surface area contributed by atoms with Gasteiger partial charge in [-0.1, -0.05) is 6.07 Å². The summed E-state index contributed by atoms with van der Waals surface area (Å²) in [5.41, 5.74) is 2.71. The summed E-state index contributed by atoms with van der Waals surface area (Å²) in [6, 6.07) is 8.50. The predicted molar refractivity (Wildman–Crippen MR) is 106 cm³/mol. The molecule has 2 aliphatic heterocycles. The molecule has 27 heavy (non-hydrogen) atoms. The Morgan fingerprint density at radius 3 is 2.78 bits per heavy atom. The number of aliphatic hydroxyl groups is 1. The minimum absolute atomic E-state index is 0.250. The molecule has 0 aliphatic carbocycles. The molecule has 144 valence electrons. The van der Waals surface area contributed by atoms with Crippen LogP contribution in [0.1, 0.15) is 30.9 Å². The predicted octanol–water partition coefficient (Wildman–Crippen LogP) is 2.65. The number of aromatic nitrogens is 2. The zero-order valence-electron chi connectivity index (χ0n) is 16.0. The average molecular weight is 368 g/mol. The molecule has 4 rings (SSSR count). The summed E-state index contributed by atoms with van der Waals surface area (Å²) in [6.45, 7) is 6.60. The Kier molecular flexibility index (Phi) is 5.43. The molecule has 2 aromatic rings. The summed E-state index contributed by atoms with van der Waals surface area (Å²) in [7, 11) is 0. The van der Waals surface area contributed by atoms with E-state index in [1.807, 2.05) is 6.92 Å². The van der Waals surface area contributed by atoms with Crippen LogP contribution < -0.4 is 14.5 Å². The first-order chi connectivity index (χ1) is 13.3. The molecule has 0 amide bonds. The molecule has 0 radical (unpaired) electrons. The Morgan fingerprint density at radius 1 is 1.11 bits per heavy atom. The molecule has 1 aromatic heterocycles. The Bertz CT molecular complexity index is 783. The number of piperidine rings is 1.